The van der Waals surface area contributed by atoms with Crippen LogP contribution in [0.5, 0.6) is 0 Å². The van der Waals surface area contributed by atoms with Crippen LogP contribution in [0.25, 0.3) is 0 Å². The van der Waals surface area contributed by atoms with Gasteiger partial charge >= 0.3 is 0 Å². The van der Waals surface area contributed by atoms with Crippen LogP contribution in [0.2, 0.25) is 0 Å². The van der Waals surface area contributed by atoms with E-state index in [9.17, 15) is 4.21 Å². The van der Waals surface area contributed by atoms with Crippen LogP contribution in [0, 0.1) is 0 Å². The molecule has 1 aromatic heterocycles. The molecule has 2 heterocycles. The number of rotatable bonds is 6. The minimum absolute atomic E-state index is 0.374. The van der Waals surface area contributed by atoms with Crippen LogP contribution >= 0.6 is 0 Å². The Hall–Kier alpha value is -0.780. The van der Waals surface area contributed by atoms with E-state index in [2.05, 4.69) is 34.3 Å². The van der Waals surface area contributed by atoms with Crippen LogP contribution in [0.15, 0.2) is 24.5 Å². The van der Waals surface area contributed by atoms with E-state index in [1.807, 2.05) is 12.4 Å². The van der Waals surface area contributed by atoms with Gasteiger partial charge in [0, 0.05) is 47.6 Å². The quantitative estimate of drug-likeness (QED) is 0.858. The number of pyridine rings is 1. The Morgan fingerprint density at radius 1 is 1.17 bits per heavy atom. The predicted molar refractivity (Wildman–Crippen MR) is 100 cm³/mol. The van der Waals surface area contributed by atoms with Gasteiger partial charge in [-0.25, -0.2) is 0 Å². The fourth-order valence-electron chi connectivity index (χ4n) is 4.12. The Balaban J connectivity index is 1.47. The molecule has 3 rings (SSSR count). The summed E-state index contributed by atoms with van der Waals surface area (Å²) in [6, 6.07) is 5.28. The van der Waals surface area contributed by atoms with Gasteiger partial charge in [-0.05, 0) is 56.5 Å². The average Bonchev–Trinajstić information content (AvgIpc) is 2.64. The van der Waals surface area contributed by atoms with Crippen LogP contribution in [0.4, 0.5) is 0 Å². The number of nitrogens with zero attached hydrogens (tertiary/aromatic N) is 2. The molecule has 3 atom stereocenters. The van der Waals surface area contributed by atoms with Gasteiger partial charge in [0.2, 0.25) is 0 Å². The maximum Gasteiger partial charge on any atom is 0.0501 e. The van der Waals surface area contributed by atoms with Gasteiger partial charge in [0.1, 0.15) is 0 Å². The monoisotopic (exact) mass is 349 g/mol. The van der Waals surface area contributed by atoms with Crippen molar-refractivity contribution < 1.29 is 4.21 Å². The Bertz CT molecular complexity index is 517. The first-order valence-corrected chi connectivity index (χ1v) is 10.9. The van der Waals surface area contributed by atoms with Crippen molar-refractivity contribution in [3.63, 3.8) is 0 Å². The Labute approximate surface area is 148 Å². The molecule has 4 nitrogen and oxygen atoms in total. The molecule has 0 radical (unpaired) electrons. The van der Waals surface area contributed by atoms with Crippen LogP contribution in [-0.2, 0) is 17.3 Å². The van der Waals surface area contributed by atoms with Crippen molar-refractivity contribution in [2.24, 2.45) is 0 Å². The van der Waals surface area contributed by atoms with Gasteiger partial charge in [-0.15, -0.1) is 0 Å². The van der Waals surface area contributed by atoms with E-state index in [4.69, 9.17) is 0 Å². The fraction of sp³-hybridized carbons (Fsp3) is 0.737. The summed E-state index contributed by atoms with van der Waals surface area (Å²) in [7, 11) is -0.660. The highest BCUT2D eigenvalue weighted by atomic mass is 32.2. The topological polar surface area (TPSA) is 45.2 Å². The van der Waals surface area contributed by atoms with Crippen molar-refractivity contribution in [1.82, 2.24) is 15.2 Å². The first-order chi connectivity index (χ1) is 11.8. The minimum Gasteiger partial charge on any atom is -0.310 e. The van der Waals surface area contributed by atoms with E-state index in [1.165, 1.54) is 37.7 Å². The number of hydrogen-bond acceptors (Lipinski definition) is 4. The lowest BCUT2D eigenvalue weighted by Gasteiger charge is -2.38. The Morgan fingerprint density at radius 2 is 1.88 bits per heavy atom. The lowest BCUT2D eigenvalue weighted by Crippen LogP contribution is -2.52. The molecule has 0 bridgehead atoms. The third-order valence-electron chi connectivity index (χ3n) is 5.52. The number of aromatic nitrogens is 1. The lowest BCUT2D eigenvalue weighted by molar-refractivity contribution is 0.178. The molecule has 2 aliphatic rings. The summed E-state index contributed by atoms with van der Waals surface area (Å²) in [5.41, 5.74) is 1.35. The highest BCUT2D eigenvalue weighted by molar-refractivity contribution is 7.85. The highest BCUT2D eigenvalue weighted by Crippen LogP contribution is 2.25. The largest absolute Gasteiger partial charge is 0.310 e. The van der Waals surface area contributed by atoms with Gasteiger partial charge < -0.3 is 5.32 Å². The first kappa shape index (κ1) is 18.0. The van der Waals surface area contributed by atoms with Crippen LogP contribution in [0.3, 0.4) is 0 Å². The third kappa shape index (κ3) is 4.87. The molecule has 24 heavy (non-hydrogen) atoms. The molecule has 1 saturated carbocycles. The van der Waals surface area contributed by atoms with Gasteiger partial charge in [-0.3, -0.25) is 14.1 Å². The van der Waals surface area contributed by atoms with Gasteiger partial charge in [0.25, 0.3) is 0 Å². The number of piperidine rings is 1. The Morgan fingerprint density at radius 3 is 2.58 bits per heavy atom. The standard InChI is InChI=1S/C19H31N3OS/c1-2-24(23)19-6-4-3-5-18(19)21-17-9-13-22(14-10-17)15-16-7-11-20-12-8-16/h7-8,11-12,17-19,21H,2-6,9-10,13-15H2,1H3. The highest BCUT2D eigenvalue weighted by Gasteiger charge is 2.31. The average molecular weight is 350 g/mol. The predicted octanol–water partition coefficient (Wildman–Crippen LogP) is 2.72. The maximum absolute atomic E-state index is 12.3. The summed E-state index contributed by atoms with van der Waals surface area (Å²) in [4.78, 5) is 6.63. The van der Waals surface area contributed by atoms with Crippen molar-refractivity contribution in [3.8, 4) is 0 Å². The normalized spacial score (nSPS) is 27.9. The molecule has 1 N–H and O–H groups in total. The molecule has 2 fully saturated rings. The fourth-order valence-corrected chi connectivity index (χ4v) is 5.56. The molecule has 1 aromatic rings. The van der Waals surface area contributed by atoms with E-state index in [1.54, 1.807) is 0 Å². The SMILES string of the molecule is CCS(=O)C1CCCCC1NC1CCN(Cc2ccncc2)CC1. The molecule has 1 aliphatic carbocycles. The lowest BCUT2D eigenvalue weighted by atomic mass is 9.93. The molecule has 0 spiro atoms. The van der Waals surface area contributed by atoms with Crippen LogP contribution in [-0.4, -0.2) is 50.3 Å². The van der Waals surface area contributed by atoms with Crippen LogP contribution < -0.4 is 5.32 Å². The summed E-state index contributed by atoms with van der Waals surface area (Å²) >= 11 is 0. The molecule has 0 aromatic carbocycles. The van der Waals surface area contributed by atoms with Gasteiger partial charge in [-0.2, -0.15) is 0 Å². The maximum atomic E-state index is 12.3. The van der Waals surface area contributed by atoms with E-state index in [-0.39, 0.29) is 0 Å². The second kappa shape index (κ2) is 9.07. The molecule has 5 heteroatoms. The van der Waals surface area contributed by atoms with Gasteiger partial charge in [0.15, 0.2) is 0 Å². The van der Waals surface area contributed by atoms with E-state index < -0.39 is 10.8 Å². The minimum atomic E-state index is -0.660. The first-order valence-electron chi connectivity index (χ1n) is 9.50. The van der Waals surface area contributed by atoms with Crippen molar-refractivity contribution >= 4 is 10.8 Å². The molecule has 0 amide bonds. The summed E-state index contributed by atoms with van der Waals surface area (Å²) < 4.78 is 12.3. The van der Waals surface area contributed by atoms with Crippen molar-refractivity contribution in [2.45, 2.75) is 69.3 Å². The summed E-state index contributed by atoms with van der Waals surface area (Å²) in [6.07, 6.45) is 11.0. The summed E-state index contributed by atoms with van der Waals surface area (Å²) in [5.74, 6) is 0.799. The molecule has 3 unspecified atom stereocenters. The summed E-state index contributed by atoms with van der Waals surface area (Å²) in [5, 5.41) is 4.25. The van der Waals surface area contributed by atoms with Crippen molar-refractivity contribution in [1.29, 1.82) is 0 Å². The number of likely N-dealkylation sites (tertiary alicyclic amines) is 1. The van der Waals surface area contributed by atoms with Gasteiger partial charge in [-0.1, -0.05) is 19.8 Å². The molecular formula is C19H31N3OS. The van der Waals surface area contributed by atoms with E-state index in [0.29, 0.717) is 17.3 Å². The molecular weight excluding hydrogens is 318 g/mol. The van der Waals surface area contributed by atoms with Gasteiger partial charge in [0.05, 0.1) is 5.25 Å². The molecule has 1 saturated heterocycles. The van der Waals surface area contributed by atoms with E-state index >= 15 is 0 Å². The number of hydrogen-bond donors (Lipinski definition) is 1. The second-order valence-corrected chi connectivity index (χ2v) is 9.12. The second-order valence-electron chi connectivity index (χ2n) is 7.17. The Kier molecular flexibility index (Phi) is 6.81. The zero-order valence-electron chi connectivity index (χ0n) is 14.8. The van der Waals surface area contributed by atoms with E-state index in [0.717, 1.165) is 31.8 Å². The number of nitrogens with one attached hydrogen (secondary N) is 1. The van der Waals surface area contributed by atoms with Crippen molar-refractivity contribution in [3.05, 3.63) is 30.1 Å². The smallest absolute Gasteiger partial charge is 0.0501 e. The molecule has 134 valence electrons. The molecule has 1 aliphatic heterocycles. The summed E-state index contributed by atoms with van der Waals surface area (Å²) in [6.45, 7) is 5.38. The zero-order valence-corrected chi connectivity index (χ0v) is 15.6. The zero-order chi connectivity index (χ0) is 16.8. The van der Waals surface area contributed by atoms with Crippen molar-refractivity contribution in [2.75, 3.05) is 18.8 Å². The third-order valence-corrected chi connectivity index (χ3v) is 7.33. The van der Waals surface area contributed by atoms with Crippen LogP contribution in [0.1, 0.15) is 51.0 Å².